The third kappa shape index (κ3) is 3.77. The van der Waals surface area contributed by atoms with Crippen molar-refractivity contribution in [3.63, 3.8) is 0 Å². The first-order valence-electron chi connectivity index (χ1n) is 8.15. The highest BCUT2D eigenvalue weighted by atomic mass is 32.2. The third-order valence-electron chi connectivity index (χ3n) is 4.44. The number of aryl methyl sites for hydroxylation is 1. The van der Waals surface area contributed by atoms with E-state index in [2.05, 4.69) is 5.32 Å². The van der Waals surface area contributed by atoms with Gasteiger partial charge < -0.3 is 4.90 Å². The number of thioether (sulfide) groups is 1. The van der Waals surface area contributed by atoms with Crippen LogP contribution < -0.4 is 5.32 Å². The van der Waals surface area contributed by atoms with Crippen molar-refractivity contribution in [1.82, 2.24) is 14.5 Å². The number of sulfonamides is 1. The zero-order valence-electron chi connectivity index (χ0n) is 13.8. The van der Waals surface area contributed by atoms with E-state index >= 15 is 0 Å². The maximum atomic E-state index is 12.8. The van der Waals surface area contributed by atoms with Crippen molar-refractivity contribution in [2.45, 2.75) is 24.3 Å². The van der Waals surface area contributed by atoms with Gasteiger partial charge in [-0.25, -0.2) is 8.42 Å². The van der Waals surface area contributed by atoms with Crippen LogP contribution in [0.5, 0.6) is 0 Å². The Hall–Kier alpha value is -1.09. The summed E-state index contributed by atoms with van der Waals surface area (Å²) in [6.07, 6.45) is 0.663. The molecule has 0 bridgehead atoms. The van der Waals surface area contributed by atoms with E-state index in [1.54, 1.807) is 28.8 Å². The van der Waals surface area contributed by atoms with Gasteiger partial charge in [0, 0.05) is 37.8 Å². The lowest BCUT2D eigenvalue weighted by atomic mass is 10.2. The van der Waals surface area contributed by atoms with Crippen molar-refractivity contribution in [3.05, 3.63) is 29.8 Å². The first-order chi connectivity index (χ1) is 11.5. The van der Waals surface area contributed by atoms with Gasteiger partial charge in [-0.3, -0.25) is 10.1 Å². The minimum absolute atomic E-state index is 0.0922. The molecule has 1 N–H and O–H groups in total. The number of rotatable bonds is 3. The number of amides is 1. The number of nitrogens with zero attached hydrogens (tertiary/aromatic N) is 2. The molecule has 1 aromatic carbocycles. The van der Waals surface area contributed by atoms with E-state index in [4.69, 9.17) is 0 Å². The second-order valence-electron chi connectivity index (χ2n) is 6.17. The summed E-state index contributed by atoms with van der Waals surface area (Å²) in [5.41, 5.74) is 1.03. The van der Waals surface area contributed by atoms with Crippen molar-refractivity contribution in [2.24, 2.45) is 0 Å². The molecule has 6 nitrogen and oxygen atoms in total. The van der Waals surface area contributed by atoms with Crippen LogP contribution >= 0.6 is 11.8 Å². The predicted molar refractivity (Wildman–Crippen MR) is 95.4 cm³/mol. The van der Waals surface area contributed by atoms with E-state index in [9.17, 15) is 13.2 Å². The summed E-state index contributed by atoms with van der Waals surface area (Å²) in [5.74, 6) is 1.69. The van der Waals surface area contributed by atoms with Gasteiger partial charge in [0.05, 0.1) is 10.9 Å². The van der Waals surface area contributed by atoms with Crippen molar-refractivity contribution < 1.29 is 13.2 Å². The van der Waals surface area contributed by atoms with Crippen molar-refractivity contribution >= 4 is 27.7 Å². The Balaban J connectivity index is 1.68. The van der Waals surface area contributed by atoms with Gasteiger partial charge in [0.15, 0.2) is 0 Å². The van der Waals surface area contributed by atoms with Crippen molar-refractivity contribution in [2.75, 3.05) is 37.8 Å². The van der Waals surface area contributed by atoms with Crippen LogP contribution in [0.3, 0.4) is 0 Å². The van der Waals surface area contributed by atoms with Gasteiger partial charge in [-0.1, -0.05) is 17.7 Å². The minimum atomic E-state index is -3.49. The molecule has 2 aliphatic rings. The Morgan fingerprint density at radius 2 is 1.92 bits per heavy atom. The second kappa shape index (κ2) is 7.43. The van der Waals surface area contributed by atoms with Crippen LogP contribution in [0.1, 0.15) is 12.0 Å². The fraction of sp³-hybridized carbons (Fsp3) is 0.562. The van der Waals surface area contributed by atoms with Crippen molar-refractivity contribution in [1.29, 1.82) is 0 Å². The van der Waals surface area contributed by atoms with E-state index < -0.39 is 10.0 Å². The summed E-state index contributed by atoms with van der Waals surface area (Å²) < 4.78 is 27.1. The first-order valence-corrected chi connectivity index (χ1v) is 10.7. The fourth-order valence-electron chi connectivity index (χ4n) is 2.99. The van der Waals surface area contributed by atoms with Gasteiger partial charge >= 0.3 is 0 Å². The summed E-state index contributed by atoms with van der Waals surface area (Å²) >= 11 is 1.72. The van der Waals surface area contributed by atoms with Crippen LogP contribution in [-0.4, -0.2) is 67.4 Å². The van der Waals surface area contributed by atoms with Gasteiger partial charge in [0.1, 0.15) is 0 Å². The standard InChI is InChI=1S/C16H23N3O3S2/c1-13-3-5-14(6-4-13)24(21,22)19-8-2-7-18(9-10-19)16(20)15-11-23-12-17-15/h3-6,15,17H,2,7-12H2,1H3. The van der Waals surface area contributed by atoms with Gasteiger partial charge in [-0.2, -0.15) is 4.31 Å². The quantitative estimate of drug-likeness (QED) is 0.857. The summed E-state index contributed by atoms with van der Waals surface area (Å²) in [5, 5.41) is 3.19. The largest absolute Gasteiger partial charge is 0.340 e. The molecular formula is C16H23N3O3S2. The van der Waals surface area contributed by atoms with Crippen LogP contribution in [0.4, 0.5) is 0 Å². The van der Waals surface area contributed by atoms with Crippen LogP contribution in [0.2, 0.25) is 0 Å². The van der Waals surface area contributed by atoms with Crippen LogP contribution in [0, 0.1) is 6.92 Å². The second-order valence-corrected chi connectivity index (χ2v) is 9.14. The molecule has 0 spiro atoms. The first kappa shape index (κ1) is 17.7. The Morgan fingerprint density at radius 3 is 2.58 bits per heavy atom. The number of benzene rings is 1. The summed E-state index contributed by atoms with van der Waals surface area (Å²) in [4.78, 5) is 14.6. The van der Waals surface area contributed by atoms with Crippen LogP contribution in [-0.2, 0) is 14.8 Å². The van der Waals surface area contributed by atoms with Gasteiger partial charge in [-0.15, -0.1) is 11.8 Å². The third-order valence-corrected chi connectivity index (χ3v) is 7.29. The Morgan fingerprint density at radius 1 is 1.17 bits per heavy atom. The number of nitrogens with one attached hydrogen (secondary N) is 1. The molecule has 1 aromatic rings. The number of carbonyl (C=O) groups is 1. The molecule has 8 heteroatoms. The lowest BCUT2D eigenvalue weighted by Gasteiger charge is -2.24. The van der Waals surface area contributed by atoms with E-state index in [1.165, 1.54) is 4.31 Å². The minimum Gasteiger partial charge on any atom is -0.340 e. The summed E-state index contributed by atoms with van der Waals surface area (Å²) in [6.45, 7) is 3.80. The molecule has 24 heavy (non-hydrogen) atoms. The number of hydrogen-bond donors (Lipinski definition) is 1. The zero-order valence-corrected chi connectivity index (χ0v) is 15.4. The molecule has 0 radical (unpaired) electrons. The maximum absolute atomic E-state index is 12.8. The molecule has 2 aliphatic heterocycles. The van der Waals surface area contributed by atoms with Gasteiger partial charge in [0.2, 0.25) is 15.9 Å². The molecule has 2 heterocycles. The predicted octanol–water partition coefficient (Wildman–Crippen LogP) is 0.881. The van der Waals surface area contributed by atoms with Crippen LogP contribution in [0.25, 0.3) is 0 Å². The Bertz CT molecular complexity index is 685. The lowest BCUT2D eigenvalue weighted by molar-refractivity contribution is -0.132. The SMILES string of the molecule is Cc1ccc(S(=O)(=O)N2CCCN(C(=O)C3CSCN3)CC2)cc1. The molecule has 1 atom stereocenters. The molecule has 3 rings (SSSR count). The molecule has 2 fully saturated rings. The topological polar surface area (TPSA) is 69.7 Å². The molecule has 1 amide bonds. The normalized spacial score (nSPS) is 23.2. The number of hydrogen-bond acceptors (Lipinski definition) is 5. The highest BCUT2D eigenvalue weighted by Gasteiger charge is 2.31. The highest BCUT2D eigenvalue weighted by Crippen LogP contribution is 2.19. The molecule has 0 aliphatic carbocycles. The lowest BCUT2D eigenvalue weighted by Crippen LogP contribution is -2.46. The summed E-state index contributed by atoms with van der Waals surface area (Å²) in [6, 6.07) is 6.79. The van der Waals surface area contributed by atoms with E-state index in [0.29, 0.717) is 37.5 Å². The van der Waals surface area contributed by atoms with E-state index in [-0.39, 0.29) is 11.9 Å². The maximum Gasteiger partial charge on any atom is 0.243 e. The average Bonchev–Trinajstić information content (AvgIpc) is 2.98. The van der Waals surface area contributed by atoms with Crippen molar-refractivity contribution in [3.8, 4) is 0 Å². The average molecular weight is 370 g/mol. The van der Waals surface area contributed by atoms with E-state index in [0.717, 1.165) is 17.2 Å². The molecule has 0 aromatic heterocycles. The fourth-order valence-corrected chi connectivity index (χ4v) is 5.39. The molecule has 132 valence electrons. The molecular weight excluding hydrogens is 346 g/mol. The zero-order chi connectivity index (χ0) is 17.2. The molecule has 1 unspecified atom stereocenters. The monoisotopic (exact) mass is 369 g/mol. The molecule has 0 saturated carbocycles. The van der Waals surface area contributed by atoms with Gasteiger partial charge in [0.25, 0.3) is 0 Å². The smallest absolute Gasteiger partial charge is 0.243 e. The molecule has 2 saturated heterocycles. The van der Waals surface area contributed by atoms with Gasteiger partial charge in [-0.05, 0) is 25.5 Å². The Kier molecular flexibility index (Phi) is 5.49. The highest BCUT2D eigenvalue weighted by molar-refractivity contribution is 7.99. The summed E-state index contributed by atoms with van der Waals surface area (Å²) in [7, 11) is -3.49. The van der Waals surface area contributed by atoms with E-state index in [1.807, 2.05) is 19.1 Å². The Labute approximate surface area is 147 Å². The van der Waals surface area contributed by atoms with Crippen LogP contribution in [0.15, 0.2) is 29.2 Å². The number of carbonyl (C=O) groups excluding carboxylic acids is 1.